The maximum atomic E-state index is 12.8. The van der Waals surface area contributed by atoms with E-state index in [0.29, 0.717) is 54.1 Å². The van der Waals surface area contributed by atoms with Crippen molar-refractivity contribution in [3.8, 4) is 0 Å². The number of hydrazine groups is 2. The van der Waals surface area contributed by atoms with Crippen LogP contribution in [-0.4, -0.2) is 55.4 Å². The zero-order chi connectivity index (χ0) is 38.5. The highest BCUT2D eigenvalue weighted by Crippen LogP contribution is 2.31. The number of hydrazone groups is 2. The number of aromatic nitrogens is 2. The molecule has 0 atom stereocenters. The van der Waals surface area contributed by atoms with Crippen molar-refractivity contribution in [3.05, 3.63) is 129 Å². The molecular formula is C36H34N12O4S2. The molecule has 54 heavy (non-hydrogen) atoms. The molecular weight excluding hydrogens is 729 g/mol. The zero-order valence-electron chi connectivity index (χ0n) is 29.4. The van der Waals surface area contributed by atoms with Crippen molar-refractivity contribution in [1.29, 1.82) is 0 Å². The van der Waals surface area contributed by atoms with Crippen LogP contribution in [0.5, 0.6) is 0 Å². The first kappa shape index (κ1) is 38.6. The molecule has 0 spiro atoms. The fraction of sp³-hybridized carbons (Fsp3) is 0.111. The van der Waals surface area contributed by atoms with Gasteiger partial charge in [0.05, 0.1) is 32.6 Å². The average Bonchev–Trinajstić information content (AvgIpc) is 3.74. The molecule has 0 bridgehead atoms. The lowest BCUT2D eigenvalue weighted by Gasteiger charge is -2.12. The standard InChI is InChI=1S/C36H34N12O4S2/c1-21-31(53-35(39-21)47-41-23(3)49)29(43-45-33(51)27-13-17-37-18-14-27)11-9-25-5-7-26(8-6-25)10-12-30(44-46-34(52)28-15-19-38-20-16-28)32-22(2)40-36(54-32)48-42-24(4)50/h5-20,43-44H,1-4H3,(H,41,49)(H,42,50)(H,45,51)(H,46,52). The molecule has 2 aliphatic heterocycles. The normalized spacial score (nSPS) is 17.3. The van der Waals surface area contributed by atoms with Crippen molar-refractivity contribution in [3.63, 3.8) is 0 Å². The topological polar surface area (TPSA) is 216 Å². The largest absolute Gasteiger partial charge is 0.297 e. The Hall–Kier alpha value is -6.66. The Bertz CT molecular complexity index is 2020. The number of rotatable bonds is 12. The SMILES string of the molecule is CC(=O)NN=C1N=C(C)C(=C(C=Cc2ccc(C=CC(NNC(=O)c3ccncc3)=C3SC(=NNC(C)=O)N=C3C)cc2)NNC(=O)c2ccncc2)S1. The van der Waals surface area contributed by atoms with E-state index in [4.69, 9.17) is 0 Å². The summed E-state index contributed by atoms with van der Waals surface area (Å²) in [4.78, 5) is 66.5. The van der Waals surface area contributed by atoms with E-state index in [0.717, 1.165) is 11.1 Å². The van der Waals surface area contributed by atoms with Gasteiger partial charge in [0.1, 0.15) is 0 Å². The Balaban J connectivity index is 1.35. The minimum Gasteiger partial charge on any atom is -0.297 e. The van der Waals surface area contributed by atoms with Gasteiger partial charge in [0.2, 0.25) is 22.1 Å². The summed E-state index contributed by atoms with van der Waals surface area (Å²) in [5.41, 5.74) is 21.1. The number of amides is 4. The average molecular weight is 763 g/mol. The lowest BCUT2D eigenvalue weighted by molar-refractivity contribution is -0.119. The summed E-state index contributed by atoms with van der Waals surface area (Å²) in [6.07, 6.45) is 13.5. The number of hydrogen-bond acceptors (Lipinski definition) is 12. The number of nitrogens with one attached hydrogen (secondary N) is 6. The minimum absolute atomic E-state index is 0.324. The first-order chi connectivity index (χ1) is 26.0. The molecule has 274 valence electrons. The van der Waals surface area contributed by atoms with Crippen LogP contribution in [0.3, 0.4) is 0 Å². The lowest BCUT2D eigenvalue weighted by Crippen LogP contribution is -2.37. The number of nitrogens with zero attached hydrogens (tertiary/aromatic N) is 6. The smallest absolute Gasteiger partial charge is 0.269 e. The molecule has 5 rings (SSSR count). The predicted molar refractivity (Wildman–Crippen MR) is 212 cm³/mol. The summed E-state index contributed by atoms with van der Waals surface area (Å²) >= 11 is 2.47. The summed E-state index contributed by atoms with van der Waals surface area (Å²) in [6, 6.07) is 14.1. The van der Waals surface area contributed by atoms with E-state index in [2.05, 4.69) is 62.7 Å². The van der Waals surface area contributed by atoms with E-state index in [9.17, 15) is 19.2 Å². The quantitative estimate of drug-likeness (QED) is 0.146. The third-order valence-electron chi connectivity index (χ3n) is 7.01. The second-order valence-electron chi connectivity index (χ2n) is 11.2. The molecule has 3 aromatic rings. The Morgan fingerprint density at radius 1 is 0.574 bits per heavy atom. The van der Waals surface area contributed by atoms with Gasteiger partial charge >= 0.3 is 0 Å². The molecule has 4 amide bonds. The number of amidine groups is 2. The Labute approximate surface area is 318 Å². The Kier molecular flexibility index (Phi) is 13.4. The summed E-state index contributed by atoms with van der Waals surface area (Å²) in [7, 11) is 0. The number of pyridine rings is 2. The van der Waals surface area contributed by atoms with Gasteiger partial charge in [-0.1, -0.05) is 36.4 Å². The van der Waals surface area contributed by atoms with E-state index in [1.807, 2.05) is 36.4 Å². The predicted octanol–water partition coefficient (Wildman–Crippen LogP) is 4.03. The van der Waals surface area contributed by atoms with E-state index in [-0.39, 0.29) is 23.6 Å². The molecule has 16 nitrogen and oxygen atoms in total. The first-order valence-electron chi connectivity index (χ1n) is 16.1. The van der Waals surface area contributed by atoms with Crippen LogP contribution in [0.4, 0.5) is 0 Å². The van der Waals surface area contributed by atoms with Gasteiger partial charge in [0.25, 0.3) is 11.8 Å². The minimum atomic E-state index is -0.362. The number of allylic oxidation sites excluding steroid dienone is 4. The molecule has 0 aliphatic carbocycles. The molecule has 0 unspecified atom stereocenters. The van der Waals surface area contributed by atoms with E-state index in [1.54, 1.807) is 50.3 Å². The van der Waals surface area contributed by atoms with E-state index >= 15 is 0 Å². The summed E-state index contributed by atoms with van der Waals surface area (Å²) in [6.45, 7) is 6.31. The third-order valence-corrected chi connectivity index (χ3v) is 9.17. The Morgan fingerprint density at radius 2 is 0.944 bits per heavy atom. The van der Waals surface area contributed by atoms with Gasteiger partial charge in [-0.15, -0.1) is 10.2 Å². The van der Waals surface area contributed by atoms with Gasteiger partial charge in [0.15, 0.2) is 0 Å². The number of carbonyl (C=O) groups is 4. The van der Waals surface area contributed by atoms with Crippen LogP contribution in [0.2, 0.25) is 0 Å². The van der Waals surface area contributed by atoms with E-state index in [1.165, 1.54) is 62.2 Å². The van der Waals surface area contributed by atoms with Crippen LogP contribution < -0.4 is 32.6 Å². The highest BCUT2D eigenvalue weighted by Gasteiger charge is 2.22. The number of benzene rings is 1. The molecule has 6 N–H and O–H groups in total. The highest BCUT2D eigenvalue weighted by molar-refractivity contribution is 8.18. The maximum Gasteiger partial charge on any atom is 0.269 e. The zero-order valence-corrected chi connectivity index (χ0v) is 31.0. The van der Waals surface area contributed by atoms with Crippen LogP contribution in [0.15, 0.2) is 127 Å². The molecule has 18 heteroatoms. The number of hydrogen-bond donors (Lipinski definition) is 6. The van der Waals surface area contributed by atoms with Crippen LogP contribution in [0.25, 0.3) is 12.2 Å². The van der Waals surface area contributed by atoms with Crippen LogP contribution in [0.1, 0.15) is 59.5 Å². The Morgan fingerprint density at radius 3 is 1.30 bits per heavy atom. The van der Waals surface area contributed by atoms with Crippen molar-refractivity contribution < 1.29 is 19.2 Å². The molecule has 0 radical (unpaired) electrons. The van der Waals surface area contributed by atoms with Crippen LogP contribution in [-0.2, 0) is 9.59 Å². The van der Waals surface area contributed by atoms with Crippen molar-refractivity contribution in [1.82, 2.24) is 42.5 Å². The molecule has 1 aromatic carbocycles. The van der Waals surface area contributed by atoms with Gasteiger partial charge in [-0.05, 0) is 84.9 Å². The monoisotopic (exact) mass is 762 g/mol. The lowest BCUT2D eigenvalue weighted by atomic mass is 10.1. The number of carbonyl (C=O) groups excluding carboxylic acids is 4. The van der Waals surface area contributed by atoms with Crippen molar-refractivity contribution in [2.45, 2.75) is 27.7 Å². The van der Waals surface area contributed by atoms with Gasteiger partial charge in [-0.3, -0.25) is 50.8 Å². The molecule has 0 saturated carbocycles. The van der Waals surface area contributed by atoms with Crippen LogP contribution in [0, 0.1) is 0 Å². The third kappa shape index (κ3) is 11.2. The van der Waals surface area contributed by atoms with Crippen LogP contribution >= 0.6 is 23.5 Å². The molecule has 2 aliphatic rings. The summed E-state index contributed by atoms with van der Waals surface area (Å²) in [5.74, 6) is -1.37. The van der Waals surface area contributed by atoms with Gasteiger partial charge in [-0.25, -0.2) is 20.8 Å². The number of thioether (sulfide) groups is 2. The van der Waals surface area contributed by atoms with Crippen molar-refractivity contribution in [2.75, 3.05) is 0 Å². The maximum absolute atomic E-state index is 12.8. The highest BCUT2D eigenvalue weighted by atomic mass is 32.2. The van der Waals surface area contributed by atoms with Crippen molar-refractivity contribution in [2.24, 2.45) is 20.2 Å². The van der Waals surface area contributed by atoms with E-state index < -0.39 is 0 Å². The van der Waals surface area contributed by atoms with Gasteiger partial charge in [-0.2, -0.15) is 0 Å². The van der Waals surface area contributed by atoms with Gasteiger partial charge in [0, 0.05) is 49.8 Å². The second-order valence-corrected chi connectivity index (χ2v) is 13.1. The molecule has 0 saturated heterocycles. The summed E-state index contributed by atoms with van der Waals surface area (Å²) < 4.78 is 0. The summed E-state index contributed by atoms with van der Waals surface area (Å²) in [5, 5.41) is 8.76. The molecule has 2 aromatic heterocycles. The molecule has 0 fully saturated rings. The molecule has 4 heterocycles. The fourth-order valence-corrected chi connectivity index (χ4v) is 6.20. The fourth-order valence-electron chi connectivity index (χ4n) is 4.44. The number of aliphatic imine (C=N–C) groups is 2. The van der Waals surface area contributed by atoms with Gasteiger partial charge < -0.3 is 0 Å². The van der Waals surface area contributed by atoms with Crippen molar-refractivity contribution >= 4 is 81.1 Å². The first-order valence-corrected chi connectivity index (χ1v) is 17.7. The second kappa shape index (κ2) is 18.7.